The van der Waals surface area contributed by atoms with E-state index >= 15 is 0 Å². The molecule has 1 aliphatic heterocycles. The number of ether oxygens (including phenoxy) is 2. The van der Waals surface area contributed by atoms with Gasteiger partial charge in [-0.3, -0.25) is 0 Å². The molecule has 0 radical (unpaired) electrons. The highest BCUT2D eigenvalue weighted by atomic mass is 16.5. The molecule has 20 heavy (non-hydrogen) atoms. The second kappa shape index (κ2) is 5.97. The van der Waals surface area contributed by atoms with Gasteiger partial charge in [-0.15, -0.1) is 0 Å². The Bertz CT molecular complexity index is 377. The van der Waals surface area contributed by atoms with Gasteiger partial charge in [0.1, 0.15) is 6.04 Å². The number of aliphatic carboxylic acids is 1. The zero-order valence-electron chi connectivity index (χ0n) is 11.9. The fraction of sp³-hybridized carbons (Fsp3) is 0.846. The van der Waals surface area contributed by atoms with E-state index in [-0.39, 0.29) is 17.7 Å². The van der Waals surface area contributed by atoms with Crippen LogP contribution in [0.15, 0.2) is 0 Å². The van der Waals surface area contributed by atoms with E-state index in [1.807, 2.05) is 0 Å². The molecule has 2 atom stereocenters. The lowest BCUT2D eigenvalue weighted by atomic mass is 9.80. The Morgan fingerprint density at radius 3 is 2.55 bits per heavy atom. The Morgan fingerprint density at radius 1 is 1.40 bits per heavy atom. The van der Waals surface area contributed by atoms with Gasteiger partial charge in [0.25, 0.3) is 0 Å². The number of carboxylic acid groups (broad SMARTS) is 1. The summed E-state index contributed by atoms with van der Waals surface area (Å²) >= 11 is 0. The molecular weight excluding hydrogens is 264 g/mol. The molecule has 7 nitrogen and oxygen atoms in total. The maximum absolute atomic E-state index is 12.2. The molecular formula is C13H22N2O5. The highest BCUT2D eigenvalue weighted by Crippen LogP contribution is 2.34. The van der Waals surface area contributed by atoms with Crippen molar-refractivity contribution in [2.24, 2.45) is 0 Å². The van der Waals surface area contributed by atoms with Crippen molar-refractivity contribution in [3.63, 3.8) is 0 Å². The first-order valence-electron chi connectivity index (χ1n) is 6.86. The van der Waals surface area contributed by atoms with Crippen LogP contribution in [0.25, 0.3) is 0 Å². The lowest BCUT2D eigenvalue weighted by molar-refractivity contribution is -0.141. The van der Waals surface area contributed by atoms with Crippen LogP contribution in [0, 0.1) is 0 Å². The van der Waals surface area contributed by atoms with E-state index in [0.29, 0.717) is 19.5 Å². The summed E-state index contributed by atoms with van der Waals surface area (Å²) in [6.07, 6.45) is 3.05. The lowest BCUT2D eigenvalue weighted by Gasteiger charge is -2.40. The van der Waals surface area contributed by atoms with E-state index < -0.39 is 12.0 Å². The van der Waals surface area contributed by atoms with Crippen molar-refractivity contribution in [1.29, 1.82) is 0 Å². The molecule has 1 aliphatic carbocycles. The molecule has 0 aromatic heterocycles. The van der Waals surface area contributed by atoms with E-state index in [9.17, 15) is 14.7 Å². The Hall–Kier alpha value is -1.34. The summed E-state index contributed by atoms with van der Waals surface area (Å²) in [7, 11) is 3.17. The molecule has 2 rings (SSSR count). The smallest absolute Gasteiger partial charge is 0.326 e. The van der Waals surface area contributed by atoms with Crippen molar-refractivity contribution in [2.75, 3.05) is 27.3 Å². The number of likely N-dealkylation sites (tertiary alicyclic amines) is 1. The van der Waals surface area contributed by atoms with Crippen LogP contribution in [-0.2, 0) is 14.3 Å². The number of amides is 2. The van der Waals surface area contributed by atoms with Crippen LogP contribution in [-0.4, -0.2) is 67.1 Å². The van der Waals surface area contributed by atoms with Gasteiger partial charge >= 0.3 is 12.0 Å². The van der Waals surface area contributed by atoms with Gasteiger partial charge in [-0.25, -0.2) is 9.59 Å². The molecule has 2 N–H and O–H groups in total. The van der Waals surface area contributed by atoms with Gasteiger partial charge in [0.2, 0.25) is 0 Å². The van der Waals surface area contributed by atoms with Crippen molar-refractivity contribution in [1.82, 2.24) is 10.2 Å². The largest absolute Gasteiger partial charge is 0.480 e. The van der Waals surface area contributed by atoms with Gasteiger partial charge < -0.3 is 24.8 Å². The second-order valence-corrected chi connectivity index (χ2v) is 5.50. The quantitative estimate of drug-likeness (QED) is 0.765. The molecule has 7 heteroatoms. The predicted molar refractivity (Wildman–Crippen MR) is 70.5 cm³/mol. The van der Waals surface area contributed by atoms with Crippen molar-refractivity contribution < 1.29 is 24.2 Å². The molecule has 1 heterocycles. The van der Waals surface area contributed by atoms with Crippen molar-refractivity contribution >= 4 is 12.0 Å². The molecule has 2 amide bonds. The van der Waals surface area contributed by atoms with Crippen molar-refractivity contribution in [2.45, 2.75) is 43.4 Å². The van der Waals surface area contributed by atoms with Gasteiger partial charge in [-0.05, 0) is 19.3 Å². The summed E-state index contributed by atoms with van der Waals surface area (Å²) in [5.41, 5.74) is -0.269. The number of urea groups is 1. The van der Waals surface area contributed by atoms with Crippen molar-refractivity contribution in [3.05, 3.63) is 0 Å². The third-order valence-electron chi connectivity index (χ3n) is 4.40. The van der Waals surface area contributed by atoms with Crippen LogP contribution in [0.4, 0.5) is 4.79 Å². The minimum Gasteiger partial charge on any atom is -0.480 e. The highest BCUT2D eigenvalue weighted by molar-refractivity contribution is 5.83. The first-order chi connectivity index (χ1) is 9.51. The van der Waals surface area contributed by atoms with E-state index in [1.54, 1.807) is 7.11 Å². The van der Waals surface area contributed by atoms with E-state index in [0.717, 1.165) is 19.3 Å². The maximum atomic E-state index is 12.2. The normalized spacial score (nSPS) is 28.0. The summed E-state index contributed by atoms with van der Waals surface area (Å²) in [5.74, 6) is -0.996. The van der Waals surface area contributed by atoms with Crippen LogP contribution in [0.2, 0.25) is 0 Å². The Labute approximate surface area is 118 Å². The fourth-order valence-electron chi connectivity index (χ4n) is 2.79. The monoisotopic (exact) mass is 286 g/mol. The number of carbonyl (C=O) groups excluding carboxylic acids is 1. The van der Waals surface area contributed by atoms with Crippen LogP contribution < -0.4 is 5.32 Å². The summed E-state index contributed by atoms with van der Waals surface area (Å²) in [6.45, 7) is 0.724. The van der Waals surface area contributed by atoms with Gasteiger partial charge in [0.15, 0.2) is 0 Å². The number of carbonyl (C=O) groups is 2. The number of carboxylic acids is 1. The predicted octanol–water partition coefficient (Wildman–Crippen LogP) is 0.439. The average molecular weight is 286 g/mol. The van der Waals surface area contributed by atoms with Crippen LogP contribution in [0.3, 0.4) is 0 Å². The summed E-state index contributed by atoms with van der Waals surface area (Å²) in [4.78, 5) is 24.7. The molecule has 2 unspecified atom stereocenters. The molecule has 0 aromatic rings. The first kappa shape index (κ1) is 15.1. The van der Waals surface area contributed by atoms with Gasteiger partial charge in [0.05, 0.1) is 11.7 Å². The molecule has 114 valence electrons. The van der Waals surface area contributed by atoms with Crippen LogP contribution in [0.5, 0.6) is 0 Å². The minimum atomic E-state index is -0.996. The van der Waals surface area contributed by atoms with Crippen LogP contribution >= 0.6 is 0 Å². The first-order valence-corrected chi connectivity index (χ1v) is 6.86. The molecule has 0 bridgehead atoms. The number of methoxy groups -OCH3 is 2. The molecule has 1 saturated carbocycles. The summed E-state index contributed by atoms with van der Waals surface area (Å²) in [5, 5.41) is 12.0. The van der Waals surface area contributed by atoms with E-state index in [4.69, 9.17) is 9.47 Å². The average Bonchev–Trinajstić information content (AvgIpc) is 2.82. The molecule has 1 saturated heterocycles. The molecule has 2 fully saturated rings. The third kappa shape index (κ3) is 2.88. The second-order valence-electron chi connectivity index (χ2n) is 5.50. The number of nitrogens with one attached hydrogen (secondary N) is 1. The Kier molecular flexibility index (Phi) is 4.49. The number of rotatable bonds is 5. The molecule has 0 spiro atoms. The standard InChI is InChI=1S/C13H22N2O5/c1-19-9-6-10(11(16)17)15(7-9)12(18)14-8-13(20-2)4-3-5-13/h9-10H,3-8H2,1-2H3,(H,14,18)(H,16,17). The van der Waals surface area contributed by atoms with Gasteiger partial charge in [-0.2, -0.15) is 0 Å². The number of hydrogen-bond donors (Lipinski definition) is 2. The number of nitrogens with zero attached hydrogens (tertiary/aromatic N) is 1. The lowest BCUT2D eigenvalue weighted by Crippen LogP contribution is -2.53. The van der Waals surface area contributed by atoms with Gasteiger partial charge in [-0.1, -0.05) is 0 Å². The minimum absolute atomic E-state index is 0.220. The molecule has 2 aliphatic rings. The Morgan fingerprint density at radius 2 is 2.10 bits per heavy atom. The third-order valence-corrected chi connectivity index (χ3v) is 4.40. The highest BCUT2D eigenvalue weighted by Gasteiger charge is 2.42. The zero-order chi connectivity index (χ0) is 14.8. The zero-order valence-corrected chi connectivity index (χ0v) is 11.9. The van der Waals surface area contributed by atoms with E-state index in [2.05, 4.69) is 5.32 Å². The maximum Gasteiger partial charge on any atom is 0.326 e. The van der Waals surface area contributed by atoms with Gasteiger partial charge in [0, 0.05) is 33.7 Å². The van der Waals surface area contributed by atoms with E-state index in [1.165, 1.54) is 12.0 Å². The topological polar surface area (TPSA) is 88.1 Å². The summed E-state index contributed by atoms with van der Waals surface area (Å²) < 4.78 is 10.6. The van der Waals surface area contributed by atoms with Crippen LogP contribution in [0.1, 0.15) is 25.7 Å². The fourth-order valence-corrected chi connectivity index (χ4v) is 2.79. The SMILES string of the molecule is COC1CC(C(=O)O)N(C(=O)NCC2(OC)CCC2)C1. The Balaban J connectivity index is 1.91. The molecule has 0 aromatic carbocycles. The summed E-state index contributed by atoms with van der Waals surface area (Å²) in [6, 6.07) is -1.18. The van der Waals surface area contributed by atoms with Crippen molar-refractivity contribution in [3.8, 4) is 0 Å². The number of hydrogen-bond acceptors (Lipinski definition) is 4.